The molecular weight excluding hydrogens is 930 g/mol. The van der Waals surface area contributed by atoms with E-state index in [2.05, 4.69) is 126 Å². The van der Waals surface area contributed by atoms with Crippen molar-refractivity contribution in [2.45, 2.75) is 5.92 Å². The van der Waals surface area contributed by atoms with Crippen LogP contribution in [-0.2, 0) is 0 Å². The quantitative estimate of drug-likeness (QED) is 0.128. The Kier molecular flexibility index (Phi) is 10.1. The van der Waals surface area contributed by atoms with Crippen molar-refractivity contribution in [1.29, 1.82) is 0 Å². The van der Waals surface area contributed by atoms with Crippen LogP contribution in [0.5, 0.6) is 46.0 Å². The van der Waals surface area contributed by atoms with Gasteiger partial charge in [-0.15, -0.1) is 0 Å². The van der Waals surface area contributed by atoms with Crippen LogP contribution in [-0.4, -0.2) is 0 Å². The van der Waals surface area contributed by atoms with Crippen LogP contribution in [0.3, 0.4) is 0 Å². The number of ether oxygens (including phenoxy) is 4. The Morgan fingerprint density at radius 2 is 0.825 bits per heavy atom. The molecule has 4 nitrogen and oxygen atoms in total. The smallest absolute Gasteiger partial charge is 0.154 e. The summed E-state index contributed by atoms with van der Waals surface area (Å²) < 4.78 is 28.0. The van der Waals surface area contributed by atoms with Crippen molar-refractivity contribution in [1.82, 2.24) is 0 Å². The number of rotatable bonds is 10. The van der Waals surface area contributed by atoms with Crippen molar-refractivity contribution in [2.24, 2.45) is 0 Å². The van der Waals surface area contributed by atoms with E-state index in [4.69, 9.17) is 18.9 Å². The van der Waals surface area contributed by atoms with Gasteiger partial charge in [-0.3, -0.25) is 0 Å². The molecule has 0 spiro atoms. The molecule has 0 atom stereocenters. The number of halogens is 2. The van der Waals surface area contributed by atoms with E-state index in [-0.39, 0.29) is 5.92 Å². The molecule has 1 aliphatic heterocycles. The lowest BCUT2D eigenvalue weighted by Gasteiger charge is -2.31. The first-order chi connectivity index (χ1) is 27.9. The zero-order valence-corrected chi connectivity index (χ0v) is 35.0. The van der Waals surface area contributed by atoms with Crippen LogP contribution < -0.4 is 18.9 Å². The van der Waals surface area contributed by atoms with Crippen LogP contribution in [0.25, 0.3) is 39.8 Å². The lowest BCUT2D eigenvalue weighted by molar-refractivity contribution is 0.455. The molecule has 9 rings (SSSR count). The first-order valence-electron chi connectivity index (χ1n) is 18.4. The third-order valence-corrected chi connectivity index (χ3v) is 11.8. The van der Waals surface area contributed by atoms with Gasteiger partial charge in [0, 0.05) is 17.0 Å². The molecule has 6 heteroatoms. The third kappa shape index (κ3) is 7.31. The second-order valence-electron chi connectivity index (χ2n) is 13.7. The van der Waals surface area contributed by atoms with Crippen LogP contribution in [0.4, 0.5) is 0 Å². The fraction of sp³-hybridized carbons (Fsp3) is 0.0196. The second-order valence-corrected chi connectivity index (χ2v) is 16.0. The van der Waals surface area contributed by atoms with Gasteiger partial charge in [0.25, 0.3) is 0 Å². The van der Waals surface area contributed by atoms with Crippen LogP contribution >= 0.6 is 45.2 Å². The monoisotopic (exact) mass is 964 g/mol. The Morgan fingerprint density at radius 1 is 0.439 bits per heavy atom. The average Bonchev–Trinajstić information content (AvgIpc) is 3.24. The van der Waals surface area contributed by atoms with Gasteiger partial charge in [0.05, 0.1) is 7.14 Å². The summed E-state index contributed by atoms with van der Waals surface area (Å²) in [5, 5.41) is 4.28. The van der Waals surface area contributed by atoms with Crippen molar-refractivity contribution in [3.8, 4) is 46.0 Å². The van der Waals surface area contributed by atoms with E-state index < -0.39 is 0 Å². The first kappa shape index (κ1) is 36.8. The standard InChI is InChI=1S/C51H34I2O4/c1-4-31-7-15-37(16-8-31)54-40-21-23-42-34(27-40)13-25-46-49(42)48(36-29-44(52)51(45(53)30-36)56-39-19-11-33(6-3)12-20-39)50-43-24-22-41(28-35(43)14-26-47(50)57-46)55-38-17-9-32(5-2)10-18-38/h4-30,48H,1-3H2. The predicted octanol–water partition coefficient (Wildman–Crippen LogP) is 15.8. The molecule has 0 saturated heterocycles. The van der Waals surface area contributed by atoms with Gasteiger partial charge < -0.3 is 18.9 Å². The molecule has 0 bridgehead atoms. The molecule has 8 aromatic rings. The summed E-state index contributed by atoms with van der Waals surface area (Å²) in [6, 6.07) is 49.2. The zero-order chi connectivity index (χ0) is 39.0. The highest BCUT2D eigenvalue weighted by atomic mass is 127. The van der Waals surface area contributed by atoms with Crippen LogP contribution in [0, 0.1) is 7.14 Å². The van der Waals surface area contributed by atoms with E-state index in [1.807, 2.05) is 103 Å². The lowest BCUT2D eigenvalue weighted by Crippen LogP contribution is -2.13. The van der Waals surface area contributed by atoms with Gasteiger partial charge in [0.15, 0.2) is 5.75 Å². The second kappa shape index (κ2) is 15.6. The minimum Gasteiger partial charge on any atom is -0.457 e. The summed E-state index contributed by atoms with van der Waals surface area (Å²) in [6.07, 6.45) is 5.48. The minimum atomic E-state index is -0.171. The lowest BCUT2D eigenvalue weighted by atomic mass is 9.78. The maximum Gasteiger partial charge on any atom is 0.154 e. The van der Waals surface area contributed by atoms with Crippen molar-refractivity contribution < 1.29 is 18.9 Å². The number of hydrogen-bond donors (Lipinski definition) is 0. The van der Waals surface area contributed by atoms with Crippen molar-refractivity contribution in [2.75, 3.05) is 0 Å². The molecule has 276 valence electrons. The highest BCUT2D eigenvalue weighted by Crippen LogP contribution is 2.53. The Labute approximate surface area is 359 Å². The normalized spacial score (nSPS) is 12.0. The molecule has 1 heterocycles. The van der Waals surface area contributed by atoms with Gasteiger partial charge >= 0.3 is 0 Å². The largest absolute Gasteiger partial charge is 0.457 e. The van der Waals surface area contributed by atoms with Gasteiger partial charge in [-0.25, -0.2) is 0 Å². The van der Waals surface area contributed by atoms with E-state index in [1.54, 1.807) is 0 Å². The summed E-state index contributed by atoms with van der Waals surface area (Å²) >= 11 is 4.80. The Bertz CT molecular complexity index is 2690. The molecule has 0 radical (unpaired) electrons. The Balaban J connectivity index is 1.17. The SMILES string of the molecule is C=Cc1ccc(Oc2ccc3c4c(ccc3c2)Oc2ccc3cc(Oc5ccc(C=C)cc5)ccc3c2C4c2cc(I)c(Oc3ccc(C=C)cc3)c(I)c2)cc1. The van der Waals surface area contributed by atoms with Gasteiger partial charge in [-0.2, -0.15) is 0 Å². The Morgan fingerprint density at radius 3 is 1.23 bits per heavy atom. The van der Waals surface area contributed by atoms with Crippen molar-refractivity contribution in [3.63, 3.8) is 0 Å². The van der Waals surface area contributed by atoms with E-state index in [0.29, 0.717) is 0 Å². The van der Waals surface area contributed by atoms with E-state index in [9.17, 15) is 0 Å². The molecule has 57 heavy (non-hydrogen) atoms. The van der Waals surface area contributed by atoms with E-state index in [1.165, 1.54) is 0 Å². The highest BCUT2D eigenvalue weighted by Gasteiger charge is 2.33. The zero-order valence-electron chi connectivity index (χ0n) is 30.7. The summed E-state index contributed by atoms with van der Waals surface area (Å²) in [5.74, 6) is 6.10. The molecular formula is C51H34I2O4. The third-order valence-electron chi connectivity index (χ3n) is 10.2. The summed E-state index contributed by atoms with van der Waals surface area (Å²) in [5.41, 5.74) is 6.45. The fourth-order valence-corrected chi connectivity index (χ4v) is 9.41. The van der Waals surface area contributed by atoms with Crippen molar-refractivity contribution in [3.05, 3.63) is 206 Å². The Hall–Kier alpha value is -5.84. The number of fused-ring (bicyclic) bond motifs is 6. The maximum atomic E-state index is 6.81. The van der Waals surface area contributed by atoms with Gasteiger partial charge in [0.2, 0.25) is 0 Å². The van der Waals surface area contributed by atoms with Crippen LogP contribution in [0.15, 0.2) is 165 Å². The van der Waals surface area contributed by atoms with E-state index >= 15 is 0 Å². The van der Waals surface area contributed by atoms with Gasteiger partial charge in [0.1, 0.15) is 40.2 Å². The van der Waals surface area contributed by atoms with Gasteiger partial charge in [-0.05, 0) is 174 Å². The summed E-state index contributed by atoms with van der Waals surface area (Å²) in [6.45, 7) is 11.6. The average molecular weight is 965 g/mol. The highest BCUT2D eigenvalue weighted by molar-refractivity contribution is 14.1. The molecule has 8 aromatic carbocycles. The molecule has 0 fully saturated rings. The molecule has 0 unspecified atom stereocenters. The molecule has 0 amide bonds. The van der Waals surface area contributed by atoms with Crippen LogP contribution in [0.2, 0.25) is 0 Å². The molecule has 0 saturated carbocycles. The predicted molar refractivity (Wildman–Crippen MR) is 251 cm³/mol. The first-order valence-corrected chi connectivity index (χ1v) is 20.5. The molecule has 0 N–H and O–H groups in total. The molecule has 0 aliphatic carbocycles. The maximum absolute atomic E-state index is 6.81. The summed E-state index contributed by atoms with van der Waals surface area (Å²) in [4.78, 5) is 0. The summed E-state index contributed by atoms with van der Waals surface area (Å²) in [7, 11) is 0. The molecule has 0 aromatic heterocycles. The molecule has 1 aliphatic rings. The topological polar surface area (TPSA) is 36.9 Å². The van der Waals surface area contributed by atoms with Gasteiger partial charge in [-0.1, -0.05) is 98.6 Å². The number of benzene rings is 8. The minimum absolute atomic E-state index is 0.171. The fourth-order valence-electron chi connectivity index (χ4n) is 7.37. The van der Waals surface area contributed by atoms with E-state index in [0.717, 1.165) is 108 Å². The van der Waals surface area contributed by atoms with Crippen molar-refractivity contribution >= 4 is 85.0 Å². The van der Waals surface area contributed by atoms with Crippen LogP contribution in [0.1, 0.15) is 39.3 Å². The number of hydrogen-bond acceptors (Lipinski definition) is 4.